The number of nitrogens with zero attached hydrogens (tertiary/aromatic N) is 3. The molecule has 2 heterocycles. The molecule has 1 aromatic heterocycles. The van der Waals surface area contributed by atoms with Crippen LogP contribution in [-0.4, -0.2) is 33.7 Å². The largest absolute Gasteiger partial charge is 0.427 e. The number of alkyl halides is 3. The fraction of sp³-hybridized carbons (Fsp3) is 0.350. The Labute approximate surface area is 169 Å². The smallest absolute Gasteiger partial charge is 0.379 e. The number of halogens is 3. The van der Waals surface area contributed by atoms with Gasteiger partial charge in [0.25, 0.3) is 5.56 Å². The van der Waals surface area contributed by atoms with E-state index in [0.717, 1.165) is 19.9 Å². The molecule has 1 aliphatic carbocycles. The van der Waals surface area contributed by atoms with Gasteiger partial charge in [0.2, 0.25) is 5.54 Å². The number of fused-ring (bicyclic) bond motifs is 1. The fourth-order valence-electron chi connectivity index (χ4n) is 3.43. The Bertz CT molecular complexity index is 1140. The molecule has 4 rings (SSSR count). The number of nitrogen functional groups attached to an aromatic ring is 1. The number of amides is 2. The highest BCUT2D eigenvalue weighted by Gasteiger charge is 2.62. The maximum Gasteiger partial charge on any atom is 0.427 e. The first kappa shape index (κ1) is 19.8. The van der Waals surface area contributed by atoms with Gasteiger partial charge in [0.1, 0.15) is 0 Å². The van der Waals surface area contributed by atoms with E-state index in [2.05, 4.69) is 22.1 Å². The van der Waals surface area contributed by atoms with Crippen molar-refractivity contribution in [1.29, 1.82) is 0 Å². The molecule has 0 bridgehead atoms. The topological polar surface area (TPSA) is 93.2 Å². The fourth-order valence-corrected chi connectivity index (χ4v) is 3.43. The normalized spacial score (nSPS) is 20.8. The van der Waals surface area contributed by atoms with Crippen LogP contribution in [0, 0.1) is 17.8 Å². The van der Waals surface area contributed by atoms with E-state index in [9.17, 15) is 22.8 Å². The zero-order valence-electron chi connectivity index (χ0n) is 16.0. The van der Waals surface area contributed by atoms with E-state index in [0.29, 0.717) is 10.5 Å². The number of nitrogens with two attached hydrogens (primary N) is 1. The van der Waals surface area contributed by atoms with Crippen molar-refractivity contribution in [3.8, 4) is 11.8 Å². The first-order valence-electron chi connectivity index (χ1n) is 9.22. The first-order valence-corrected chi connectivity index (χ1v) is 9.22. The highest BCUT2D eigenvalue weighted by Crippen LogP contribution is 2.48. The summed E-state index contributed by atoms with van der Waals surface area (Å²) in [5, 5.41) is 2.49. The molecule has 30 heavy (non-hydrogen) atoms. The van der Waals surface area contributed by atoms with E-state index in [1.807, 2.05) is 0 Å². The Hall–Kier alpha value is -3.48. The second-order valence-electron chi connectivity index (χ2n) is 7.37. The van der Waals surface area contributed by atoms with Gasteiger partial charge in [-0.1, -0.05) is 24.0 Å². The van der Waals surface area contributed by atoms with Crippen LogP contribution in [0.1, 0.15) is 24.0 Å². The van der Waals surface area contributed by atoms with Crippen LogP contribution in [0.15, 0.2) is 35.4 Å². The molecular formula is C20H18F3N5O2. The number of carbonyl (C=O) groups excluding carboxylic acids is 1. The van der Waals surface area contributed by atoms with Gasteiger partial charge in [-0.25, -0.2) is 9.78 Å². The maximum absolute atomic E-state index is 14.3. The molecule has 2 aliphatic rings. The quantitative estimate of drug-likeness (QED) is 0.735. The van der Waals surface area contributed by atoms with E-state index >= 15 is 0 Å². The van der Waals surface area contributed by atoms with Crippen molar-refractivity contribution in [2.24, 2.45) is 5.92 Å². The van der Waals surface area contributed by atoms with Crippen molar-refractivity contribution >= 4 is 17.5 Å². The second-order valence-corrected chi connectivity index (χ2v) is 7.37. The number of anilines is 2. The number of benzene rings is 1. The zero-order valence-corrected chi connectivity index (χ0v) is 16.0. The summed E-state index contributed by atoms with van der Waals surface area (Å²) >= 11 is 0. The van der Waals surface area contributed by atoms with Crippen LogP contribution in [0.2, 0.25) is 0 Å². The lowest BCUT2D eigenvalue weighted by Crippen LogP contribution is -2.59. The molecule has 0 spiro atoms. The van der Waals surface area contributed by atoms with Gasteiger partial charge in [0.15, 0.2) is 5.82 Å². The molecule has 1 aromatic carbocycles. The molecule has 2 amide bonds. The lowest BCUT2D eigenvalue weighted by atomic mass is 9.84. The lowest BCUT2D eigenvalue weighted by Gasteiger charge is -2.43. The molecule has 1 fully saturated rings. The summed E-state index contributed by atoms with van der Waals surface area (Å²) < 4.78 is 44.3. The third kappa shape index (κ3) is 3.16. The summed E-state index contributed by atoms with van der Waals surface area (Å²) in [4.78, 5) is 28.8. The van der Waals surface area contributed by atoms with E-state index < -0.39 is 23.3 Å². The molecule has 156 valence electrons. The van der Waals surface area contributed by atoms with Gasteiger partial charge in [0, 0.05) is 36.6 Å². The van der Waals surface area contributed by atoms with Crippen LogP contribution in [0.3, 0.4) is 0 Å². The van der Waals surface area contributed by atoms with Crippen LogP contribution in [0.5, 0.6) is 0 Å². The molecule has 1 unspecified atom stereocenters. The summed E-state index contributed by atoms with van der Waals surface area (Å²) in [6.07, 6.45) is -0.521. The van der Waals surface area contributed by atoms with Crippen molar-refractivity contribution in [1.82, 2.24) is 14.5 Å². The molecule has 1 saturated carbocycles. The Kier molecular flexibility index (Phi) is 4.49. The van der Waals surface area contributed by atoms with Gasteiger partial charge < -0.3 is 15.6 Å². The summed E-state index contributed by atoms with van der Waals surface area (Å²) in [7, 11) is 1.08. The minimum atomic E-state index is -4.81. The number of rotatable bonds is 2. The van der Waals surface area contributed by atoms with Gasteiger partial charge in [-0.3, -0.25) is 9.69 Å². The van der Waals surface area contributed by atoms with Gasteiger partial charge in [0.05, 0.1) is 6.54 Å². The molecule has 0 saturated heterocycles. The van der Waals surface area contributed by atoms with Gasteiger partial charge in [-0.05, 0) is 24.5 Å². The minimum absolute atomic E-state index is 0.00750. The third-order valence-corrected chi connectivity index (χ3v) is 5.26. The van der Waals surface area contributed by atoms with E-state index in [1.165, 1.54) is 35.2 Å². The molecule has 1 atom stereocenters. The number of hydrogen-bond donors (Lipinski definition) is 2. The van der Waals surface area contributed by atoms with E-state index in [4.69, 9.17) is 5.73 Å². The SMILES string of the molecule is CN1C(=O)Nc2cc(Cn3ccnc(N)c3=O)ccc2C1(C#CC1CC1)C(F)(F)F. The monoisotopic (exact) mass is 417 g/mol. The third-order valence-electron chi connectivity index (χ3n) is 5.26. The molecule has 2 aromatic rings. The average molecular weight is 417 g/mol. The number of aromatic nitrogens is 2. The zero-order chi connectivity index (χ0) is 21.7. The Morgan fingerprint density at radius 3 is 2.73 bits per heavy atom. The van der Waals surface area contributed by atoms with E-state index in [1.54, 1.807) is 0 Å². The molecule has 3 N–H and O–H groups in total. The number of nitrogens with one attached hydrogen (secondary N) is 1. The van der Waals surface area contributed by atoms with Crippen molar-refractivity contribution in [2.75, 3.05) is 18.1 Å². The lowest BCUT2D eigenvalue weighted by molar-refractivity contribution is -0.203. The van der Waals surface area contributed by atoms with Crippen LogP contribution in [0.25, 0.3) is 0 Å². The minimum Gasteiger partial charge on any atom is -0.379 e. The standard InChI is InChI=1S/C20H18F3N5O2/c1-27-18(30)26-15-10-13(11-28-9-8-25-16(24)17(28)29)4-5-14(15)19(27,20(21,22)23)7-6-12-2-3-12/h4-5,8-10,12H,2-3,11H2,1H3,(H2,24,25)(H,26,30). The Morgan fingerprint density at radius 2 is 2.07 bits per heavy atom. The van der Waals surface area contributed by atoms with Crippen molar-refractivity contribution < 1.29 is 18.0 Å². The van der Waals surface area contributed by atoms with Crippen molar-refractivity contribution in [3.05, 3.63) is 52.1 Å². The van der Waals surface area contributed by atoms with Gasteiger partial charge in [-0.2, -0.15) is 13.2 Å². The van der Waals surface area contributed by atoms with Gasteiger partial charge >= 0.3 is 12.2 Å². The summed E-state index contributed by atoms with van der Waals surface area (Å²) in [6.45, 7) is 0.0529. The van der Waals surface area contributed by atoms with Crippen molar-refractivity contribution in [2.45, 2.75) is 31.1 Å². The molecule has 10 heteroatoms. The molecule has 1 aliphatic heterocycles. The summed E-state index contributed by atoms with van der Waals surface area (Å²) in [5.41, 5.74) is 2.62. The highest BCUT2D eigenvalue weighted by atomic mass is 19.4. The van der Waals surface area contributed by atoms with Crippen LogP contribution >= 0.6 is 0 Å². The second kappa shape index (κ2) is 6.79. The van der Waals surface area contributed by atoms with Gasteiger partial charge in [-0.15, -0.1) is 0 Å². The van der Waals surface area contributed by atoms with Crippen molar-refractivity contribution in [3.63, 3.8) is 0 Å². The molecule has 7 nitrogen and oxygen atoms in total. The summed E-state index contributed by atoms with van der Waals surface area (Å²) in [5.74, 6) is 4.79. The number of hydrogen-bond acceptors (Lipinski definition) is 4. The average Bonchev–Trinajstić information content (AvgIpc) is 3.49. The van der Waals surface area contributed by atoms with Crippen LogP contribution in [0.4, 0.5) is 29.5 Å². The first-order chi connectivity index (χ1) is 14.1. The number of carbonyl (C=O) groups is 1. The Morgan fingerprint density at radius 1 is 1.33 bits per heavy atom. The summed E-state index contributed by atoms with van der Waals surface area (Å²) in [6, 6.07) is 3.28. The predicted octanol–water partition coefficient (Wildman–Crippen LogP) is 2.52. The van der Waals surface area contributed by atoms with Crippen LogP contribution in [-0.2, 0) is 12.1 Å². The molecule has 0 radical (unpaired) electrons. The Balaban J connectivity index is 1.82. The highest BCUT2D eigenvalue weighted by molar-refractivity contribution is 5.94. The predicted molar refractivity (Wildman–Crippen MR) is 103 cm³/mol. The number of urea groups is 1. The maximum atomic E-state index is 14.3. The van der Waals surface area contributed by atoms with E-state index in [-0.39, 0.29) is 29.5 Å². The van der Waals surface area contributed by atoms with Crippen LogP contribution < -0.4 is 16.6 Å². The molecular weight excluding hydrogens is 399 g/mol.